The van der Waals surface area contributed by atoms with Crippen molar-refractivity contribution in [1.82, 2.24) is 10.6 Å². The first-order valence-corrected chi connectivity index (χ1v) is 8.33. The highest BCUT2D eigenvalue weighted by atomic mass is 16.3. The number of benzene rings is 1. The van der Waals surface area contributed by atoms with Gasteiger partial charge in [-0.2, -0.15) is 0 Å². The van der Waals surface area contributed by atoms with Crippen LogP contribution in [-0.2, 0) is 6.42 Å². The van der Waals surface area contributed by atoms with Crippen molar-refractivity contribution >= 4 is 6.03 Å². The molecule has 130 valence electrons. The number of carbonyl (C=O) groups is 1. The maximum Gasteiger partial charge on any atom is 0.314 e. The molecular weight excluding hydrogens is 288 g/mol. The van der Waals surface area contributed by atoms with Crippen molar-refractivity contribution in [3.8, 4) is 0 Å². The highest BCUT2D eigenvalue weighted by Gasteiger charge is 2.22. The third-order valence-corrected chi connectivity index (χ3v) is 3.83. The lowest BCUT2D eigenvalue weighted by atomic mass is 9.85. The molecule has 1 atom stereocenters. The lowest BCUT2D eigenvalue weighted by Crippen LogP contribution is -2.44. The number of aliphatic hydroxyl groups excluding tert-OH is 1. The van der Waals surface area contributed by atoms with Crippen LogP contribution in [-0.4, -0.2) is 30.3 Å². The minimum atomic E-state index is -0.361. The van der Waals surface area contributed by atoms with Gasteiger partial charge in [-0.15, -0.1) is 0 Å². The molecule has 4 heteroatoms. The van der Waals surface area contributed by atoms with E-state index >= 15 is 0 Å². The van der Waals surface area contributed by atoms with Crippen molar-refractivity contribution < 1.29 is 9.90 Å². The summed E-state index contributed by atoms with van der Waals surface area (Å²) in [4.78, 5) is 12.0. The van der Waals surface area contributed by atoms with Crippen molar-refractivity contribution in [2.24, 2.45) is 10.8 Å². The van der Waals surface area contributed by atoms with Gasteiger partial charge in [-0.3, -0.25) is 0 Å². The van der Waals surface area contributed by atoms with E-state index in [4.69, 9.17) is 0 Å². The zero-order chi connectivity index (χ0) is 17.5. The predicted octanol–water partition coefficient (Wildman–Crippen LogP) is 3.35. The predicted molar refractivity (Wildman–Crippen MR) is 95.4 cm³/mol. The van der Waals surface area contributed by atoms with Gasteiger partial charge in [0.25, 0.3) is 0 Å². The summed E-state index contributed by atoms with van der Waals surface area (Å²) in [5, 5.41) is 15.3. The number of amides is 2. The average Bonchev–Trinajstić information content (AvgIpc) is 2.42. The summed E-state index contributed by atoms with van der Waals surface area (Å²) in [7, 11) is 0. The number of hydrogen-bond donors (Lipinski definition) is 3. The van der Waals surface area contributed by atoms with Crippen LogP contribution in [0, 0.1) is 10.8 Å². The molecule has 0 aliphatic rings. The van der Waals surface area contributed by atoms with Crippen molar-refractivity contribution in [3.05, 3.63) is 35.9 Å². The molecule has 0 saturated heterocycles. The Balaban J connectivity index is 2.37. The van der Waals surface area contributed by atoms with Crippen molar-refractivity contribution in [2.45, 2.75) is 53.6 Å². The van der Waals surface area contributed by atoms with Crippen molar-refractivity contribution in [2.75, 3.05) is 13.1 Å². The first-order chi connectivity index (χ1) is 10.6. The first kappa shape index (κ1) is 19.5. The van der Waals surface area contributed by atoms with Gasteiger partial charge in [0.15, 0.2) is 0 Å². The lowest BCUT2D eigenvalue weighted by Gasteiger charge is -2.28. The SMILES string of the molecule is CC(O)CC(C)(C)CNC(=O)NCC(C)(C)Cc1ccccc1. The van der Waals surface area contributed by atoms with Gasteiger partial charge in [0, 0.05) is 13.1 Å². The van der Waals surface area contributed by atoms with Crippen LogP contribution < -0.4 is 10.6 Å². The molecule has 0 heterocycles. The molecule has 1 aromatic carbocycles. The molecule has 1 unspecified atom stereocenters. The smallest absolute Gasteiger partial charge is 0.314 e. The Labute approximate surface area is 140 Å². The molecule has 0 aliphatic carbocycles. The van der Waals surface area contributed by atoms with E-state index in [9.17, 15) is 9.90 Å². The van der Waals surface area contributed by atoms with E-state index in [0.29, 0.717) is 19.5 Å². The van der Waals surface area contributed by atoms with Gasteiger partial charge in [-0.1, -0.05) is 58.0 Å². The van der Waals surface area contributed by atoms with Gasteiger partial charge in [-0.05, 0) is 36.2 Å². The standard InChI is InChI=1S/C19H32N2O2/c1-15(22)11-18(2,3)13-20-17(23)21-14-19(4,5)12-16-9-7-6-8-10-16/h6-10,15,22H,11-14H2,1-5H3,(H2,20,21,23). The molecule has 4 nitrogen and oxygen atoms in total. The monoisotopic (exact) mass is 320 g/mol. The third kappa shape index (κ3) is 8.60. The second kappa shape index (κ2) is 8.34. The average molecular weight is 320 g/mol. The minimum absolute atomic E-state index is 0.00613. The molecule has 0 radical (unpaired) electrons. The Morgan fingerprint density at radius 1 is 1.04 bits per heavy atom. The van der Waals surface area contributed by atoms with Crippen LogP contribution in [0.3, 0.4) is 0 Å². The van der Waals surface area contributed by atoms with E-state index in [1.807, 2.05) is 32.0 Å². The molecule has 0 saturated carbocycles. The summed E-state index contributed by atoms with van der Waals surface area (Å²) < 4.78 is 0. The van der Waals surface area contributed by atoms with Gasteiger partial charge >= 0.3 is 6.03 Å². The number of aliphatic hydroxyl groups is 1. The fourth-order valence-corrected chi connectivity index (χ4v) is 2.78. The first-order valence-electron chi connectivity index (χ1n) is 8.33. The number of rotatable bonds is 8. The van der Waals surface area contributed by atoms with Crippen LogP contribution in [0.15, 0.2) is 30.3 Å². The van der Waals surface area contributed by atoms with E-state index < -0.39 is 0 Å². The van der Waals surface area contributed by atoms with Crippen LogP contribution in [0.25, 0.3) is 0 Å². The summed E-state index contributed by atoms with van der Waals surface area (Å²) in [6.45, 7) is 11.3. The van der Waals surface area contributed by atoms with E-state index in [2.05, 4.69) is 36.6 Å². The molecule has 0 aromatic heterocycles. The summed E-state index contributed by atoms with van der Waals surface area (Å²) in [6, 6.07) is 10.2. The Bertz CT molecular complexity index is 481. The van der Waals surface area contributed by atoms with Gasteiger partial charge < -0.3 is 15.7 Å². The molecule has 1 aromatic rings. The lowest BCUT2D eigenvalue weighted by molar-refractivity contribution is 0.128. The molecule has 2 amide bonds. The molecule has 23 heavy (non-hydrogen) atoms. The summed E-state index contributed by atoms with van der Waals surface area (Å²) in [5.41, 5.74) is 1.15. The second-order valence-corrected chi connectivity index (χ2v) is 8.08. The van der Waals surface area contributed by atoms with Crippen molar-refractivity contribution in [3.63, 3.8) is 0 Å². The Morgan fingerprint density at radius 3 is 2.09 bits per heavy atom. The normalized spacial score (nSPS) is 13.5. The number of carbonyl (C=O) groups excluding carboxylic acids is 1. The maximum absolute atomic E-state index is 12.0. The molecule has 0 fully saturated rings. The largest absolute Gasteiger partial charge is 0.393 e. The molecule has 1 rings (SSSR count). The van der Waals surface area contributed by atoms with Gasteiger partial charge in [-0.25, -0.2) is 4.79 Å². The van der Waals surface area contributed by atoms with Gasteiger partial charge in [0.2, 0.25) is 0 Å². The van der Waals surface area contributed by atoms with Crippen LogP contribution in [0.2, 0.25) is 0 Å². The van der Waals surface area contributed by atoms with Crippen LogP contribution in [0.5, 0.6) is 0 Å². The Kier molecular flexibility index (Phi) is 7.07. The fraction of sp³-hybridized carbons (Fsp3) is 0.632. The zero-order valence-corrected chi connectivity index (χ0v) is 15.1. The molecule has 0 spiro atoms. The summed E-state index contributed by atoms with van der Waals surface area (Å²) in [6.07, 6.45) is 1.22. The highest BCUT2D eigenvalue weighted by Crippen LogP contribution is 2.22. The second-order valence-electron chi connectivity index (χ2n) is 8.08. The molecule has 3 N–H and O–H groups in total. The number of urea groups is 1. The van der Waals surface area contributed by atoms with Gasteiger partial charge in [0.05, 0.1) is 6.10 Å². The summed E-state index contributed by atoms with van der Waals surface area (Å²) in [5.74, 6) is 0. The fourth-order valence-electron chi connectivity index (χ4n) is 2.78. The van der Waals surface area contributed by atoms with E-state index in [0.717, 1.165) is 6.42 Å². The Hall–Kier alpha value is -1.55. The molecule has 0 aliphatic heterocycles. The molecule has 0 bridgehead atoms. The molecular formula is C19H32N2O2. The van der Waals surface area contributed by atoms with E-state index in [-0.39, 0.29) is 23.0 Å². The van der Waals surface area contributed by atoms with Gasteiger partial charge in [0.1, 0.15) is 0 Å². The highest BCUT2D eigenvalue weighted by molar-refractivity contribution is 5.73. The van der Waals surface area contributed by atoms with Crippen LogP contribution in [0.1, 0.15) is 46.6 Å². The third-order valence-electron chi connectivity index (χ3n) is 3.83. The number of hydrogen-bond acceptors (Lipinski definition) is 2. The number of nitrogens with one attached hydrogen (secondary N) is 2. The van der Waals surface area contributed by atoms with Crippen molar-refractivity contribution in [1.29, 1.82) is 0 Å². The van der Waals surface area contributed by atoms with Crippen LogP contribution >= 0.6 is 0 Å². The van der Waals surface area contributed by atoms with E-state index in [1.165, 1.54) is 5.56 Å². The quantitative estimate of drug-likeness (QED) is 0.688. The maximum atomic E-state index is 12.0. The summed E-state index contributed by atoms with van der Waals surface area (Å²) >= 11 is 0. The minimum Gasteiger partial charge on any atom is -0.393 e. The van der Waals surface area contributed by atoms with Crippen LogP contribution in [0.4, 0.5) is 4.79 Å². The Morgan fingerprint density at radius 2 is 1.57 bits per heavy atom. The topological polar surface area (TPSA) is 61.4 Å². The zero-order valence-electron chi connectivity index (χ0n) is 15.1. The van der Waals surface area contributed by atoms with E-state index in [1.54, 1.807) is 6.92 Å².